The van der Waals surface area contributed by atoms with Crippen LogP contribution >= 0.6 is 0 Å². The van der Waals surface area contributed by atoms with Gasteiger partial charge in [0.25, 0.3) is 0 Å². The topological polar surface area (TPSA) is 84.3 Å². The fourth-order valence-corrected chi connectivity index (χ4v) is 2.43. The number of aliphatic carboxylic acids is 1. The highest BCUT2D eigenvalue weighted by Gasteiger charge is 2.39. The van der Waals surface area contributed by atoms with E-state index in [1.165, 1.54) is 6.33 Å². The molecule has 0 amide bonds. The molecule has 0 unspecified atom stereocenters. The summed E-state index contributed by atoms with van der Waals surface area (Å²) in [6, 6.07) is 1.64. The zero-order valence-electron chi connectivity index (χ0n) is 11.1. The van der Waals surface area contributed by atoms with Gasteiger partial charge >= 0.3 is 5.97 Å². The molecule has 1 aliphatic carbocycles. The molecule has 0 aromatic carbocycles. The molecule has 6 nitrogen and oxygen atoms in total. The average Bonchev–Trinajstić information content (AvgIpc) is 2.40. The third-order valence-electron chi connectivity index (χ3n) is 3.42. The van der Waals surface area contributed by atoms with Gasteiger partial charge in [-0.1, -0.05) is 19.3 Å². The minimum absolute atomic E-state index is 0.455. The first kappa shape index (κ1) is 13.6. The Morgan fingerprint density at radius 1 is 1.42 bits per heavy atom. The van der Waals surface area contributed by atoms with Crippen molar-refractivity contribution in [2.45, 2.75) is 44.6 Å². The summed E-state index contributed by atoms with van der Waals surface area (Å²) in [5.74, 6) is 0.142. The summed E-state index contributed by atoms with van der Waals surface area (Å²) in [6.45, 7) is 2.38. The molecule has 1 aromatic heterocycles. The van der Waals surface area contributed by atoms with Gasteiger partial charge in [-0.3, -0.25) is 0 Å². The predicted octanol–water partition coefficient (Wildman–Crippen LogP) is 2.07. The van der Waals surface area contributed by atoms with E-state index in [0.29, 0.717) is 31.1 Å². The highest BCUT2D eigenvalue weighted by molar-refractivity contribution is 5.82. The molecule has 0 saturated heterocycles. The lowest BCUT2D eigenvalue weighted by Gasteiger charge is -2.34. The number of nitrogens with one attached hydrogen (secondary N) is 1. The molecule has 19 heavy (non-hydrogen) atoms. The van der Waals surface area contributed by atoms with Crippen LogP contribution in [0.2, 0.25) is 0 Å². The maximum absolute atomic E-state index is 11.6. The van der Waals surface area contributed by atoms with Gasteiger partial charge in [-0.05, 0) is 19.8 Å². The maximum atomic E-state index is 11.6. The SMILES string of the molecule is CCOc1cc(NC2(C(=O)O)CCCCC2)ncn1. The van der Waals surface area contributed by atoms with E-state index in [4.69, 9.17) is 4.74 Å². The van der Waals surface area contributed by atoms with Crippen LogP contribution in [-0.4, -0.2) is 33.2 Å². The molecule has 1 saturated carbocycles. The molecular weight excluding hydrogens is 246 g/mol. The molecule has 0 atom stereocenters. The zero-order chi connectivity index (χ0) is 13.7. The second-order valence-electron chi connectivity index (χ2n) is 4.75. The maximum Gasteiger partial charge on any atom is 0.329 e. The standard InChI is InChI=1S/C13H19N3O3/c1-2-19-11-8-10(14-9-15-11)16-13(12(17)18)6-4-3-5-7-13/h8-9H,2-7H2,1H3,(H,17,18)(H,14,15,16). The fraction of sp³-hybridized carbons (Fsp3) is 0.615. The minimum Gasteiger partial charge on any atom is -0.480 e. The summed E-state index contributed by atoms with van der Waals surface area (Å²) >= 11 is 0. The molecule has 0 aliphatic heterocycles. The van der Waals surface area contributed by atoms with Crippen LogP contribution in [0.4, 0.5) is 5.82 Å². The van der Waals surface area contributed by atoms with E-state index in [1.807, 2.05) is 6.92 Å². The summed E-state index contributed by atoms with van der Waals surface area (Å²) in [5.41, 5.74) is -0.907. The normalized spacial score (nSPS) is 17.7. The molecule has 1 aliphatic rings. The van der Waals surface area contributed by atoms with Gasteiger partial charge in [-0.15, -0.1) is 0 Å². The van der Waals surface area contributed by atoms with E-state index >= 15 is 0 Å². The van der Waals surface area contributed by atoms with Crippen LogP contribution in [-0.2, 0) is 4.79 Å². The lowest BCUT2D eigenvalue weighted by atomic mass is 9.81. The predicted molar refractivity (Wildman–Crippen MR) is 70.3 cm³/mol. The van der Waals surface area contributed by atoms with Gasteiger partial charge in [0.2, 0.25) is 5.88 Å². The smallest absolute Gasteiger partial charge is 0.329 e. The van der Waals surface area contributed by atoms with Crippen molar-refractivity contribution < 1.29 is 14.6 Å². The Kier molecular flexibility index (Phi) is 4.19. The summed E-state index contributed by atoms with van der Waals surface area (Å²) in [7, 11) is 0. The Morgan fingerprint density at radius 3 is 2.79 bits per heavy atom. The number of carboxylic acids is 1. The Morgan fingerprint density at radius 2 is 2.16 bits per heavy atom. The molecule has 1 heterocycles. The molecule has 2 N–H and O–H groups in total. The van der Waals surface area contributed by atoms with E-state index in [2.05, 4.69) is 15.3 Å². The molecule has 104 valence electrons. The van der Waals surface area contributed by atoms with E-state index in [9.17, 15) is 9.90 Å². The Hall–Kier alpha value is -1.85. The monoisotopic (exact) mass is 265 g/mol. The number of hydrogen-bond donors (Lipinski definition) is 2. The number of anilines is 1. The highest BCUT2D eigenvalue weighted by atomic mass is 16.5. The highest BCUT2D eigenvalue weighted by Crippen LogP contribution is 2.31. The molecule has 0 bridgehead atoms. The molecule has 1 aromatic rings. The second kappa shape index (κ2) is 5.86. The van der Waals surface area contributed by atoms with Gasteiger partial charge < -0.3 is 15.2 Å². The zero-order valence-corrected chi connectivity index (χ0v) is 11.1. The fourth-order valence-electron chi connectivity index (χ4n) is 2.43. The number of ether oxygens (including phenoxy) is 1. The third-order valence-corrected chi connectivity index (χ3v) is 3.42. The van der Waals surface area contributed by atoms with Gasteiger partial charge in [-0.2, -0.15) is 0 Å². The van der Waals surface area contributed by atoms with Crippen LogP contribution in [0.15, 0.2) is 12.4 Å². The van der Waals surface area contributed by atoms with E-state index in [-0.39, 0.29) is 0 Å². The van der Waals surface area contributed by atoms with Crippen molar-refractivity contribution in [1.82, 2.24) is 9.97 Å². The summed E-state index contributed by atoms with van der Waals surface area (Å²) in [4.78, 5) is 19.6. The van der Waals surface area contributed by atoms with Gasteiger partial charge in [0.05, 0.1) is 6.61 Å². The van der Waals surface area contributed by atoms with Crippen molar-refractivity contribution in [1.29, 1.82) is 0 Å². The minimum atomic E-state index is -0.907. The van der Waals surface area contributed by atoms with Crippen LogP contribution < -0.4 is 10.1 Å². The van der Waals surface area contributed by atoms with Crippen molar-refractivity contribution >= 4 is 11.8 Å². The van der Waals surface area contributed by atoms with Gasteiger partial charge in [0, 0.05) is 6.07 Å². The Bertz CT molecular complexity index is 445. The van der Waals surface area contributed by atoms with Gasteiger partial charge in [0.1, 0.15) is 17.7 Å². The van der Waals surface area contributed by atoms with Crippen molar-refractivity contribution in [3.63, 3.8) is 0 Å². The average molecular weight is 265 g/mol. The Labute approximate surface area is 112 Å². The number of carboxylic acid groups (broad SMARTS) is 1. The van der Waals surface area contributed by atoms with Crippen LogP contribution in [0.1, 0.15) is 39.0 Å². The van der Waals surface area contributed by atoms with Crippen molar-refractivity contribution in [2.24, 2.45) is 0 Å². The quantitative estimate of drug-likeness (QED) is 0.848. The number of hydrogen-bond acceptors (Lipinski definition) is 5. The third kappa shape index (κ3) is 3.13. The van der Waals surface area contributed by atoms with Crippen LogP contribution in [0.25, 0.3) is 0 Å². The molecule has 2 rings (SSSR count). The van der Waals surface area contributed by atoms with Crippen molar-refractivity contribution in [3.8, 4) is 5.88 Å². The van der Waals surface area contributed by atoms with E-state index in [0.717, 1.165) is 19.3 Å². The lowest BCUT2D eigenvalue weighted by molar-refractivity contribution is -0.143. The largest absolute Gasteiger partial charge is 0.480 e. The van der Waals surface area contributed by atoms with Crippen LogP contribution in [0.3, 0.4) is 0 Å². The Balaban J connectivity index is 2.17. The van der Waals surface area contributed by atoms with Crippen LogP contribution in [0, 0.1) is 0 Å². The van der Waals surface area contributed by atoms with Gasteiger partial charge in [-0.25, -0.2) is 14.8 Å². The molecule has 0 radical (unpaired) electrons. The first-order chi connectivity index (χ1) is 9.16. The van der Waals surface area contributed by atoms with Crippen molar-refractivity contribution in [3.05, 3.63) is 12.4 Å². The number of carbonyl (C=O) groups is 1. The van der Waals surface area contributed by atoms with Crippen molar-refractivity contribution in [2.75, 3.05) is 11.9 Å². The molecule has 1 fully saturated rings. The lowest BCUT2D eigenvalue weighted by Crippen LogP contribution is -2.48. The first-order valence-electron chi connectivity index (χ1n) is 6.63. The second-order valence-corrected chi connectivity index (χ2v) is 4.75. The summed E-state index contributed by atoms with van der Waals surface area (Å²) in [5, 5.41) is 12.5. The molecular formula is C13H19N3O3. The molecule has 6 heteroatoms. The number of nitrogens with zero attached hydrogens (tertiary/aromatic N) is 2. The summed E-state index contributed by atoms with van der Waals surface area (Å²) in [6.07, 6.45) is 5.55. The van der Waals surface area contributed by atoms with E-state index < -0.39 is 11.5 Å². The van der Waals surface area contributed by atoms with Crippen LogP contribution in [0.5, 0.6) is 5.88 Å². The van der Waals surface area contributed by atoms with Gasteiger partial charge in [0.15, 0.2) is 0 Å². The summed E-state index contributed by atoms with van der Waals surface area (Å²) < 4.78 is 5.29. The van der Waals surface area contributed by atoms with E-state index in [1.54, 1.807) is 6.07 Å². The molecule has 0 spiro atoms. The first-order valence-corrected chi connectivity index (χ1v) is 6.63. The number of aromatic nitrogens is 2. The number of rotatable bonds is 5.